The molecule has 0 heterocycles. The predicted octanol–water partition coefficient (Wildman–Crippen LogP) is 5.63. The molecule has 3 aromatic carbocycles. The molecule has 0 aliphatic heterocycles. The van der Waals surface area contributed by atoms with Crippen LogP contribution in [0.5, 0.6) is 0 Å². The normalized spacial score (nSPS) is 9.67. The van der Waals surface area contributed by atoms with Gasteiger partial charge in [-0.05, 0) is 30.2 Å². The van der Waals surface area contributed by atoms with E-state index >= 15 is 0 Å². The lowest BCUT2D eigenvalue weighted by Gasteiger charge is -2.00. The summed E-state index contributed by atoms with van der Waals surface area (Å²) >= 11 is 0. The Kier molecular flexibility index (Phi) is 5.22. The predicted molar refractivity (Wildman–Crippen MR) is 83.0 cm³/mol. The van der Waals surface area contributed by atoms with Gasteiger partial charge in [-0.3, -0.25) is 0 Å². The van der Waals surface area contributed by atoms with Crippen molar-refractivity contribution in [3.05, 3.63) is 96.1 Å². The van der Waals surface area contributed by atoms with Crippen LogP contribution in [0.4, 0.5) is 8.78 Å². The Morgan fingerprint density at radius 2 is 1.10 bits per heavy atom. The molecule has 0 aromatic heterocycles. The first kappa shape index (κ1) is 14.9. The topological polar surface area (TPSA) is 0 Å². The Hall–Kier alpha value is -2.48. The first-order valence-corrected chi connectivity index (χ1v) is 6.68. The number of hydrogen-bond acceptors (Lipinski definition) is 0. The van der Waals surface area contributed by atoms with Gasteiger partial charge in [0.05, 0.1) is 0 Å². The van der Waals surface area contributed by atoms with Gasteiger partial charge in [-0.1, -0.05) is 66.2 Å². The molecule has 0 saturated heterocycles. The van der Waals surface area contributed by atoms with E-state index in [4.69, 9.17) is 0 Å². The van der Waals surface area contributed by atoms with Crippen LogP contribution >= 0.6 is 0 Å². The lowest BCUT2D eigenvalue weighted by molar-refractivity contribution is 0.583. The molecule has 0 saturated carbocycles. The standard InChI is InChI=1S/C13H12.C6H4F2/c1-11-7-9-13(10-8-11)12-5-3-2-4-6-12;7-5-2-1-3-6(8)4-5/h2-10H,1H3;1-4H. The Morgan fingerprint density at radius 3 is 1.57 bits per heavy atom. The monoisotopic (exact) mass is 282 g/mol. The average Bonchev–Trinajstić information content (AvgIpc) is 2.49. The summed E-state index contributed by atoms with van der Waals surface area (Å²) in [6.45, 7) is 2.11. The maximum Gasteiger partial charge on any atom is 0.126 e. The van der Waals surface area contributed by atoms with Gasteiger partial charge in [0.2, 0.25) is 0 Å². The third-order valence-corrected chi connectivity index (χ3v) is 2.95. The van der Waals surface area contributed by atoms with Crippen LogP contribution in [0.15, 0.2) is 78.9 Å². The maximum atomic E-state index is 11.9. The summed E-state index contributed by atoms with van der Waals surface area (Å²) in [7, 11) is 0. The van der Waals surface area contributed by atoms with Crippen LogP contribution in [0, 0.1) is 18.6 Å². The summed E-state index contributed by atoms with van der Waals surface area (Å²) in [5.74, 6) is -1.07. The molecule has 0 fully saturated rings. The van der Waals surface area contributed by atoms with Crippen LogP contribution in [0.1, 0.15) is 5.56 Å². The van der Waals surface area contributed by atoms with Crippen molar-refractivity contribution in [2.24, 2.45) is 0 Å². The molecule has 0 unspecified atom stereocenters. The fourth-order valence-corrected chi connectivity index (χ4v) is 1.84. The van der Waals surface area contributed by atoms with Crippen LogP contribution in [0.2, 0.25) is 0 Å². The van der Waals surface area contributed by atoms with E-state index in [9.17, 15) is 8.78 Å². The summed E-state index contributed by atoms with van der Waals surface area (Å²) in [6, 6.07) is 23.6. The molecule has 0 radical (unpaired) electrons. The molecule has 3 rings (SSSR count). The zero-order valence-electron chi connectivity index (χ0n) is 11.8. The Labute approximate surface area is 123 Å². The van der Waals surface area contributed by atoms with E-state index in [1.807, 2.05) is 6.07 Å². The molecule has 0 atom stereocenters. The first-order chi connectivity index (χ1) is 10.1. The van der Waals surface area contributed by atoms with Crippen molar-refractivity contribution in [3.8, 4) is 11.1 Å². The van der Waals surface area contributed by atoms with Crippen molar-refractivity contribution in [1.82, 2.24) is 0 Å². The molecule has 0 nitrogen and oxygen atoms in total. The summed E-state index contributed by atoms with van der Waals surface area (Å²) in [5, 5.41) is 0. The third-order valence-electron chi connectivity index (χ3n) is 2.95. The van der Waals surface area contributed by atoms with Crippen molar-refractivity contribution in [2.45, 2.75) is 6.92 Å². The molecule has 3 aromatic rings. The van der Waals surface area contributed by atoms with E-state index in [0.717, 1.165) is 6.07 Å². The van der Waals surface area contributed by atoms with Crippen molar-refractivity contribution < 1.29 is 8.78 Å². The molecule has 0 amide bonds. The second-order valence-corrected chi connectivity index (χ2v) is 4.67. The minimum Gasteiger partial charge on any atom is -0.207 e. The third kappa shape index (κ3) is 4.84. The van der Waals surface area contributed by atoms with Crippen LogP contribution in [-0.2, 0) is 0 Å². The summed E-state index contributed by atoms with van der Waals surface area (Å²) < 4.78 is 23.9. The Balaban J connectivity index is 0.000000173. The van der Waals surface area contributed by atoms with Gasteiger partial charge >= 0.3 is 0 Å². The number of hydrogen-bond donors (Lipinski definition) is 0. The van der Waals surface area contributed by atoms with E-state index in [1.165, 1.54) is 34.9 Å². The quantitative estimate of drug-likeness (QED) is 0.543. The summed E-state index contributed by atoms with van der Waals surface area (Å²) in [5.41, 5.74) is 3.87. The largest absolute Gasteiger partial charge is 0.207 e. The van der Waals surface area contributed by atoms with Crippen LogP contribution < -0.4 is 0 Å². The smallest absolute Gasteiger partial charge is 0.126 e. The average molecular weight is 282 g/mol. The maximum absolute atomic E-state index is 11.9. The molecule has 21 heavy (non-hydrogen) atoms. The SMILES string of the molecule is Cc1ccc(-c2ccccc2)cc1.Fc1cccc(F)c1. The number of aryl methyl sites for hydroxylation is 1. The molecule has 106 valence electrons. The van der Waals surface area contributed by atoms with E-state index in [1.54, 1.807) is 0 Å². The Morgan fingerprint density at radius 1 is 0.571 bits per heavy atom. The molecule has 0 N–H and O–H groups in total. The van der Waals surface area contributed by atoms with Gasteiger partial charge in [0.25, 0.3) is 0 Å². The van der Waals surface area contributed by atoms with E-state index < -0.39 is 11.6 Å². The van der Waals surface area contributed by atoms with Gasteiger partial charge in [-0.25, -0.2) is 8.78 Å². The van der Waals surface area contributed by atoms with Gasteiger partial charge in [0, 0.05) is 6.07 Å². The summed E-state index contributed by atoms with van der Waals surface area (Å²) in [4.78, 5) is 0. The van der Waals surface area contributed by atoms with Gasteiger partial charge < -0.3 is 0 Å². The lowest BCUT2D eigenvalue weighted by Crippen LogP contribution is -1.76. The second-order valence-electron chi connectivity index (χ2n) is 4.67. The number of rotatable bonds is 1. The van der Waals surface area contributed by atoms with Crippen LogP contribution in [0.25, 0.3) is 11.1 Å². The van der Waals surface area contributed by atoms with E-state index in [-0.39, 0.29) is 0 Å². The number of halogens is 2. The molecule has 0 bridgehead atoms. The highest BCUT2D eigenvalue weighted by atomic mass is 19.1. The van der Waals surface area contributed by atoms with E-state index in [2.05, 4.69) is 55.5 Å². The van der Waals surface area contributed by atoms with Crippen molar-refractivity contribution in [1.29, 1.82) is 0 Å². The zero-order valence-corrected chi connectivity index (χ0v) is 11.8. The Bertz CT molecular complexity index is 656. The zero-order chi connectivity index (χ0) is 15.1. The molecule has 0 aliphatic rings. The van der Waals surface area contributed by atoms with Gasteiger partial charge in [-0.2, -0.15) is 0 Å². The highest BCUT2D eigenvalue weighted by Crippen LogP contribution is 2.18. The minimum absolute atomic E-state index is 0.537. The molecule has 2 heteroatoms. The van der Waals surface area contributed by atoms with Gasteiger partial charge in [0.1, 0.15) is 11.6 Å². The highest BCUT2D eigenvalue weighted by molar-refractivity contribution is 5.63. The van der Waals surface area contributed by atoms with Crippen LogP contribution in [-0.4, -0.2) is 0 Å². The second kappa shape index (κ2) is 7.34. The van der Waals surface area contributed by atoms with Crippen LogP contribution in [0.3, 0.4) is 0 Å². The van der Waals surface area contributed by atoms with Crippen molar-refractivity contribution >= 4 is 0 Å². The molecule has 0 spiro atoms. The lowest BCUT2D eigenvalue weighted by atomic mass is 10.0. The van der Waals surface area contributed by atoms with Gasteiger partial charge in [0.15, 0.2) is 0 Å². The first-order valence-electron chi connectivity index (χ1n) is 6.68. The minimum atomic E-state index is -0.537. The summed E-state index contributed by atoms with van der Waals surface area (Å²) in [6.07, 6.45) is 0. The fourth-order valence-electron chi connectivity index (χ4n) is 1.84. The van der Waals surface area contributed by atoms with Gasteiger partial charge in [-0.15, -0.1) is 0 Å². The number of benzene rings is 3. The fraction of sp³-hybridized carbons (Fsp3) is 0.0526. The highest BCUT2D eigenvalue weighted by Gasteiger charge is 1.93. The molecular formula is C19H16F2. The molecular weight excluding hydrogens is 266 g/mol. The van der Waals surface area contributed by atoms with Crippen molar-refractivity contribution in [2.75, 3.05) is 0 Å². The van der Waals surface area contributed by atoms with E-state index in [0.29, 0.717) is 0 Å². The van der Waals surface area contributed by atoms with Crippen molar-refractivity contribution in [3.63, 3.8) is 0 Å². The molecule has 0 aliphatic carbocycles.